The predicted octanol–water partition coefficient (Wildman–Crippen LogP) is 2.78. The van der Waals surface area contributed by atoms with Gasteiger partial charge in [0.2, 0.25) is 0 Å². The molecule has 31 heavy (non-hydrogen) atoms. The van der Waals surface area contributed by atoms with Crippen molar-refractivity contribution in [3.8, 4) is 6.07 Å². The van der Waals surface area contributed by atoms with Gasteiger partial charge in [-0.25, -0.2) is 0 Å². The summed E-state index contributed by atoms with van der Waals surface area (Å²) in [5.74, 6) is -0.0523. The molecule has 4 rings (SSSR count). The minimum Gasteiger partial charge on any atom is -0.356 e. The first-order chi connectivity index (χ1) is 14.9. The Hall–Kier alpha value is -3.37. The van der Waals surface area contributed by atoms with E-state index in [1.165, 1.54) is 4.57 Å². The van der Waals surface area contributed by atoms with Gasteiger partial charge in [0.1, 0.15) is 5.52 Å². The van der Waals surface area contributed by atoms with Crippen molar-refractivity contribution in [1.29, 1.82) is 5.26 Å². The molecule has 3 aromatic rings. The average Bonchev–Trinajstić information content (AvgIpc) is 3.17. The molecule has 1 aliphatic rings. The van der Waals surface area contributed by atoms with Gasteiger partial charge >= 0.3 is 0 Å². The molecule has 1 aliphatic heterocycles. The molecule has 1 amide bonds. The van der Waals surface area contributed by atoms with Crippen LogP contribution in [0.2, 0.25) is 0 Å². The molecule has 0 saturated carbocycles. The highest BCUT2D eigenvalue weighted by molar-refractivity contribution is 6.07. The number of hydrogen-bond acceptors (Lipinski definition) is 4. The van der Waals surface area contributed by atoms with Crippen molar-refractivity contribution in [2.24, 2.45) is 7.05 Å². The Morgan fingerprint density at radius 2 is 2.06 bits per heavy atom. The largest absolute Gasteiger partial charge is 0.356 e. The molecule has 3 heterocycles. The third kappa shape index (κ3) is 3.99. The second-order valence-electron chi connectivity index (χ2n) is 8.42. The maximum atomic E-state index is 13.4. The van der Waals surface area contributed by atoms with Gasteiger partial charge in [-0.2, -0.15) is 5.26 Å². The lowest BCUT2D eigenvalue weighted by Crippen LogP contribution is -2.45. The van der Waals surface area contributed by atoms with Crippen molar-refractivity contribution in [2.75, 3.05) is 20.1 Å². The van der Waals surface area contributed by atoms with Crippen molar-refractivity contribution in [3.05, 3.63) is 69.3 Å². The van der Waals surface area contributed by atoms with E-state index < -0.39 is 0 Å². The van der Waals surface area contributed by atoms with Crippen LogP contribution in [0.1, 0.15) is 39.9 Å². The normalized spacial score (nSPS) is 15.2. The highest BCUT2D eigenvalue weighted by Crippen LogP contribution is 2.24. The third-order valence-electron chi connectivity index (χ3n) is 6.32. The number of likely N-dealkylation sites (tertiary alicyclic amines) is 1. The SMILES string of the molecule is Cc1c[nH]c2c(=O)n(C)cc(C(=O)N(C)C3CCN(Cc4cccc(C#N)c4)CC3)c12. The van der Waals surface area contributed by atoms with E-state index in [4.69, 9.17) is 5.26 Å². The molecule has 7 nitrogen and oxygen atoms in total. The van der Waals surface area contributed by atoms with Crippen LogP contribution in [0, 0.1) is 18.3 Å². The van der Waals surface area contributed by atoms with Gasteiger partial charge in [0.05, 0.1) is 17.2 Å². The Morgan fingerprint density at radius 3 is 2.77 bits per heavy atom. The summed E-state index contributed by atoms with van der Waals surface area (Å²) in [5, 5.41) is 9.81. The number of aromatic amines is 1. The molecule has 1 fully saturated rings. The fourth-order valence-corrected chi connectivity index (χ4v) is 4.51. The van der Waals surface area contributed by atoms with Crippen LogP contribution in [0.4, 0.5) is 0 Å². The minimum absolute atomic E-state index is 0.0523. The number of fused-ring (bicyclic) bond motifs is 1. The molecule has 0 spiro atoms. The van der Waals surface area contributed by atoms with E-state index in [-0.39, 0.29) is 17.5 Å². The number of nitrogens with one attached hydrogen (secondary N) is 1. The number of carbonyl (C=O) groups excluding carboxylic acids is 1. The van der Waals surface area contributed by atoms with E-state index in [9.17, 15) is 9.59 Å². The standard InChI is InChI=1S/C24H27N5O2/c1-16-13-26-22-21(16)20(15-27(2)24(22)31)23(30)28(3)19-7-9-29(10-8-19)14-18-6-4-5-17(11-18)12-25/h4-6,11,13,15,19,26H,7-10,14H2,1-3H3. The highest BCUT2D eigenvalue weighted by atomic mass is 16.2. The van der Waals surface area contributed by atoms with Gasteiger partial charge in [0, 0.05) is 57.6 Å². The van der Waals surface area contributed by atoms with Crippen LogP contribution >= 0.6 is 0 Å². The summed E-state index contributed by atoms with van der Waals surface area (Å²) in [6, 6.07) is 10.1. The van der Waals surface area contributed by atoms with Crippen molar-refractivity contribution in [3.63, 3.8) is 0 Å². The summed E-state index contributed by atoms with van der Waals surface area (Å²) in [4.78, 5) is 33.0. The summed E-state index contributed by atoms with van der Waals surface area (Å²) < 4.78 is 1.47. The molecule has 0 atom stereocenters. The monoisotopic (exact) mass is 417 g/mol. The molecule has 1 aromatic carbocycles. The number of benzene rings is 1. The zero-order chi connectivity index (χ0) is 22.1. The van der Waals surface area contributed by atoms with Crippen molar-refractivity contribution >= 4 is 16.8 Å². The molecule has 1 saturated heterocycles. The van der Waals surface area contributed by atoms with Crippen LogP contribution in [0.5, 0.6) is 0 Å². The number of amides is 1. The van der Waals surface area contributed by atoms with Crippen LogP contribution in [-0.2, 0) is 13.6 Å². The number of nitriles is 1. The maximum absolute atomic E-state index is 13.4. The number of pyridine rings is 1. The van der Waals surface area contributed by atoms with Crippen molar-refractivity contribution in [1.82, 2.24) is 19.4 Å². The van der Waals surface area contributed by atoms with Gasteiger partial charge in [-0.05, 0) is 43.0 Å². The Labute approximate surface area is 181 Å². The first-order valence-electron chi connectivity index (χ1n) is 10.5. The van der Waals surface area contributed by atoms with Gasteiger partial charge < -0.3 is 14.5 Å². The lowest BCUT2D eigenvalue weighted by molar-refractivity contribution is 0.0637. The average molecular weight is 418 g/mol. The summed E-state index contributed by atoms with van der Waals surface area (Å²) >= 11 is 0. The Bertz CT molecular complexity index is 1220. The second kappa shape index (κ2) is 8.40. The van der Waals surface area contributed by atoms with Gasteiger partial charge in [0.25, 0.3) is 11.5 Å². The van der Waals surface area contributed by atoms with E-state index in [1.807, 2.05) is 43.1 Å². The van der Waals surface area contributed by atoms with E-state index in [0.29, 0.717) is 16.6 Å². The zero-order valence-electron chi connectivity index (χ0n) is 18.2. The molecule has 2 aromatic heterocycles. The molecule has 0 radical (unpaired) electrons. The van der Waals surface area contributed by atoms with E-state index >= 15 is 0 Å². The predicted molar refractivity (Wildman–Crippen MR) is 120 cm³/mol. The molecular weight excluding hydrogens is 390 g/mol. The van der Waals surface area contributed by atoms with Crippen LogP contribution < -0.4 is 5.56 Å². The number of aromatic nitrogens is 2. The molecule has 1 N–H and O–H groups in total. The van der Waals surface area contributed by atoms with Gasteiger partial charge in [-0.15, -0.1) is 0 Å². The highest BCUT2D eigenvalue weighted by Gasteiger charge is 2.28. The molecule has 160 valence electrons. The molecule has 0 aliphatic carbocycles. The Morgan fingerprint density at radius 1 is 1.32 bits per heavy atom. The number of piperidine rings is 1. The molecule has 0 unspecified atom stereocenters. The fourth-order valence-electron chi connectivity index (χ4n) is 4.51. The number of rotatable bonds is 4. The quantitative estimate of drug-likeness (QED) is 0.707. The molecule has 7 heteroatoms. The van der Waals surface area contributed by atoms with Gasteiger partial charge in [-0.3, -0.25) is 14.5 Å². The molecular formula is C24H27N5O2. The number of hydrogen-bond donors (Lipinski definition) is 1. The van der Waals surface area contributed by atoms with Crippen LogP contribution in [0.15, 0.2) is 41.5 Å². The van der Waals surface area contributed by atoms with Gasteiger partial charge in [0.15, 0.2) is 0 Å². The van der Waals surface area contributed by atoms with E-state index in [1.54, 1.807) is 19.4 Å². The van der Waals surface area contributed by atoms with Gasteiger partial charge in [-0.1, -0.05) is 12.1 Å². The van der Waals surface area contributed by atoms with Crippen molar-refractivity contribution < 1.29 is 4.79 Å². The van der Waals surface area contributed by atoms with Crippen LogP contribution in [0.3, 0.4) is 0 Å². The number of H-pyrrole nitrogens is 1. The molecule has 0 bridgehead atoms. The fraction of sp³-hybridized carbons (Fsp3) is 0.375. The minimum atomic E-state index is -0.129. The first kappa shape index (κ1) is 20.9. The lowest BCUT2D eigenvalue weighted by atomic mass is 10.0. The first-order valence-corrected chi connectivity index (χ1v) is 10.5. The maximum Gasteiger partial charge on any atom is 0.274 e. The van der Waals surface area contributed by atoms with Crippen LogP contribution in [0.25, 0.3) is 10.9 Å². The summed E-state index contributed by atoms with van der Waals surface area (Å²) in [7, 11) is 3.53. The van der Waals surface area contributed by atoms with Crippen molar-refractivity contribution in [2.45, 2.75) is 32.4 Å². The Kier molecular flexibility index (Phi) is 5.66. The topological polar surface area (TPSA) is 85.1 Å². The number of aryl methyl sites for hydroxylation is 2. The van der Waals surface area contributed by atoms with E-state index in [2.05, 4.69) is 16.0 Å². The number of carbonyl (C=O) groups is 1. The third-order valence-corrected chi connectivity index (χ3v) is 6.32. The number of nitrogens with zero attached hydrogens (tertiary/aromatic N) is 4. The Balaban J connectivity index is 1.46. The van der Waals surface area contributed by atoms with Crippen LogP contribution in [-0.4, -0.2) is 51.4 Å². The van der Waals surface area contributed by atoms with E-state index in [0.717, 1.165) is 49.0 Å². The summed E-state index contributed by atoms with van der Waals surface area (Å²) in [6.07, 6.45) is 5.21. The second-order valence-corrected chi connectivity index (χ2v) is 8.42. The zero-order valence-corrected chi connectivity index (χ0v) is 18.2. The lowest BCUT2D eigenvalue weighted by Gasteiger charge is -2.37. The summed E-state index contributed by atoms with van der Waals surface area (Å²) in [6.45, 7) is 4.51. The summed E-state index contributed by atoms with van der Waals surface area (Å²) in [5.41, 5.74) is 3.64. The smallest absolute Gasteiger partial charge is 0.274 e.